The Morgan fingerprint density at radius 3 is 1.58 bits per heavy atom. The highest BCUT2D eigenvalue weighted by Crippen LogP contribution is 2.30. The lowest BCUT2D eigenvalue weighted by Gasteiger charge is -2.02. The largest absolute Gasteiger partial charge is 0.477 e. The summed E-state index contributed by atoms with van der Waals surface area (Å²) in [5.74, 6) is -1.86. The van der Waals surface area contributed by atoms with Gasteiger partial charge in [0.05, 0.1) is 17.7 Å². The third-order valence-corrected chi connectivity index (χ3v) is 8.25. The van der Waals surface area contributed by atoms with Gasteiger partial charge >= 0.3 is 5.97 Å². The average Bonchev–Trinajstić information content (AvgIpc) is 3.91. The fraction of sp³-hybridized carbons (Fsp3) is 0.118. The molecule has 0 unspecified atom stereocenters. The van der Waals surface area contributed by atoms with Gasteiger partial charge in [-0.05, 0) is 50.2 Å². The standard InChI is InChI=1S/C18H14BrF2N3O3.C16H11BrN2O4/c1-9-15(16(24-27-9)10-2-4-12(19)5-3-10)17(25)11-6-13(22-7-11)18(26)23-8-14(20)21;1-8-13(15(20)10-6-12(16(21)22)18-7-10)14(19-23-8)9-2-4-11(17)5-3-9/h2-7,14,22H,8H2,1H3,(H,23,26);2-7,18H,1H3,(H,21,22). The summed E-state index contributed by atoms with van der Waals surface area (Å²) >= 11 is 6.70. The van der Waals surface area contributed by atoms with Gasteiger partial charge in [-0.1, -0.05) is 66.4 Å². The zero-order valence-electron chi connectivity index (χ0n) is 26.0. The van der Waals surface area contributed by atoms with E-state index in [1.54, 1.807) is 26.0 Å². The number of halogens is 4. The maximum Gasteiger partial charge on any atom is 0.352 e. The van der Waals surface area contributed by atoms with Crippen molar-refractivity contribution >= 4 is 55.3 Å². The smallest absolute Gasteiger partial charge is 0.352 e. The van der Waals surface area contributed by atoms with Crippen LogP contribution in [0.1, 0.15) is 64.3 Å². The maximum absolute atomic E-state index is 12.9. The molecule has 0 bridgehead atoms. The van der Waals surface area contributed by atoms with Crippen molar-refractivity contribution in [2.24, 2.45) is 0 Å². The van der Waals surface area contributed by atoms with Gasteiger partial charge in [0.2, 0.25) is 0 Å². The number of hydrogen-bond acceptors (Lipinski definition) is 8. The minimum absolute atomic E-state index is 0.0123. The summed E-state index contributed by atoms with van der Waals surface area (Å²) in [6, 6.07) is 17.1. The molecule has 1 amide bonds. The van der Waals surface area contributed by atoms with Gasteiger partial charge in [0, 0.05) is 43.6 Å². The summed E-state index contributed by atoms with van der Waals surface area (Å²) in [6.07, 6.45) is 0.0548. The van der Waals surface area contributed by atoms with Crippen molar-refractivity contribution in [2.45, 2.75) is 20.3 Å². The molecule has 256 valence electrons. The van der Waals surface area contributed by atoms with E-state index in [4.69, 9.17) is 14.2 Å². The van der Waals surface area contributed by atoms with Gasteiger partial charge in [0.25, 0.3) is 12.3 Å². The van der Waals surface area contributed by atoms with Crippen LogP contribution < -0.4 is 5.32 Å². The number of alkyl halides is 2. The number of nitrogens with zero attached hydrogens (tertiary/aromatic N) is 2. The lowest BCUT2D eigenvalue weighted by Crippen LogP contribution is -2.28. The molecule has 0 aliphatic rings. The number of ketones is 2. The van der Waals surface area contributed by atoms with E-state index in [0.29, 0.717) is 34.0 Å². The van der Waals surface area contributed by atoms with E-state index in [1.165, 1.54) is 24.5 Å². The van der Waals surface area contributed by atoms with Gasteiger partial charge in [0.1, 0.15) is 34.3 Å². The molecule has 6 aromatic rings. The monoisotopic (exact) mass is 811 g/mol. The number of benzene rings is 2. The van der Waals surface area contributed by atoms with Crippen LogP contribution in [0.2, 0.25) is 0 Å². The number of carboxylic acids is 1. The fourth-order valence-corrected chi connectivity index (χ4v) is 5.28. The highest BCUT2D eigenvalue weighted by Gasteiger charge is 2.26. The Morgan fingerprint density at radius 1 is 0.760 bits per heavy atom. The number of amides is 1. The van der Waals surface area contributed by atoms with Crippen LogP contribution in [0.25, 0.3) is 22.5 Å². The molecule has 6 rings (SSSR count). The number of hydrogen-bond donors (Lipinski definition) is 4. The van der Waals surface area contributed by atoms with Gasteiger partial charge in [0.15, 0.2) is 11.6 Å². The second-order valence-electron chi connectivity index (χ2n) is 10.6. The molecule has 4 heterocycles. The van der Waals surface area contributed by atoms with E-state index < -0.39 is 30.6 Å². The van der Waals surface area contributed by atoms with E-state index in [1.807, 2.05) is 36.4 Å². The van der Waals surface area contributed by atoms with Crippen LogP contribution in [0, 0.1) is 13.8 Å². The molecular weight excluding hydrogens is 788 g/mol. The zero-order chi connectivity index (χ0) is 36.1. The van der Waals surface area contributed by atoms with Gasteiger partial charge in [-0.15, -0.1) is 0 Å². The molecule has 0 radical (unpaired) electrons. The van der Waals surface area contributed by atoms with Crippen LogP contribution in [-0.2, 0) is 0 Å². The number of aromatic carboxylic acids is 1. The Bertz CT molecular complexity index is 2190. The van der Waals surface area contributed by atoms with Crippen molar-refractivity contribution in [3.63, 3.8) is 0 Å². The molecule has 0 saturated carbocycles. The van der Waals surface area contributed by atoms with E-state index in [-0.39, 0.29) is 33.9 Å². The lowest BCUT2D eigenvalue weighted by atomic mass is 9.99. The number of nitrogens with one attached hydrogen (secondary N) is 3. The van der Waals surface area contributed by atoms with Crippen molar-refractivity contribution in [3.05, 3.63) is 127 Å². The van der Waals surface area contributed by atoms with E-state index in [2.05, 4.69) is 57.5 Å². The Labute approximate surface area is 298 Å². The van der Waals surface area contributed by atoms with Crippen molar-refractivity contribution in [1.82, 2.24) is 25.6 Å². The zero-order valence-corrected chi connectivity index (χ0v) is 29.2. The van der Waals surface area contributed by atoms with Gasteiger partial charge < -0.3 is 29.4 Å². The van der Waals surface area contributed by atoms with Gasteiger partial charge in [-0.3, -0.25) is 14.4 Å². The van der Waals surface area contributed by atoms with E-state index in [9.17, 15) is 28.0 Å². The first-order chi connectivity index (χ1) is 23.8. The Hall–Kier alpha value is -5.48. The van der Waals surface area contributed by atoms with Crippen molar-refractivity contribution in [2.75, 3.05) is 6.54 Å². The molecule has 0 atom stereocenters. The molecule has 0 saturated heterocycles. The minimum Gasteiger partial charge on any atom is -0.477 e. The van der Waals surface area contributed by atoms with E-state index in [0.717, 1.165) is 14.5 Å². The SMILES string of the molecule is Cc1onc(-c2ccc(Br)cc2)c1C(=O)c1c[nH]c(C(=O)NCC(F)F)c1.Cc1onc(-c2ccc(Br)cc2)c1C(=O)c1c[nH]c(C(=O)O)c1. The van der Waals surface area contributed by atoms with Crippen LogP contribution in [0.4, 0.5) is 8.78 Å². The van der Waals surface area contributed by atoms with E-state index >= 15 is 0 Å². The number of aromatic amines is 2. The van der Waals surface area contributed by atoms with Crippen molar-refractivity contribution in [1.29, 1.82) is 0 Å². The number of carbonyl (C=O) groups excluding carboxylic acids is 3. The quantitative estimate of drug-likeness (QED) is 0.101. The Morgan fingerprint density at radius 2 is 1.18 bits per heavy atom. The Balaban J connectivity index is 0.000000197. The average molecular weight is 813 g/mol. The summed E-state index contributed by atoms with van der Waals surface area (Å²) in [5, 5.41) is 19.0. The topological polar surface area (TPSA) is 184 Å². The molecule has 0 fully saturated rings. The summed E-state index contributed by atoms with van der Waals surface area (Å²) < 4.78 is 36.6. The highest BCUT2D eigenvalue weighted by atomic mass is 79.9. The number of aromatic nitrogens is 4. The molecule has 50 heavy (non-hydrogen) atoms. The summed E-state index contributed by atoms with van der Waals surface area (Å²) in [4.78, 5) is 53.6. The van der Waals surface area contributed by atoms with Gasteiger partial charge in [-0.2, -0.15) is 0 Å². The maximum atomic E-state index is 12.9. The number of aryl methyl sites for hydroxylation is 2. The number of carboxylic acid groups (broad SMARTS) is 1. The normalized spacial score (nSPS) is 10.9. The molecular formula is C34H25Br2F2N5O7. The second-order valence-corrected chi connectivity index (χ2v) is 12.4. The predicted molar refractivity (Wildman–Crippen MR) is 182 cm³/mol. The van der Waals surface area contributed by atoms with Crippen LogP contribution in [0.5, 0.6) is 0 Å². The molecule has 4 aromatic heterocycles. The van der Waals surface area contributed by atoms with Crippen molar-refractivity contribution < 1.29 is 42.1 Å². The molecule has 16 heteroatoms. The minimum atomic E-state index is -2.65. The van der Waals surface area contributed by atoms with Gasteiger partial charge in [-0.25, -0.2) is 13.6 Å². The van der Waals surface area contributed by atoms with Crippen LogP contribution in [0.3, 0.4) is 0 Å². The first kappa shape index (κ1) is 35.8. The van der Waals surface area contributed by atoms with Crippen molar-refractivity contribution in [3.8, 4) is 22.5 Å². The van der Waals surface area contributed by atoms with Crippen LogP contribution >= 0.6 is 31.9 Å². The molecule has 4 N–H and O–H groups in total. The number of carbonyl (C=O) groups is 4. The number of H-pyrrole nitrogens is 2. The third kappa shape index (κ3) is 8.03. The first-order valence-electron chi connectivity index (χ1n) is 14.5. The fourth-order valence-electron chi connectivity index (χ4n) is 4.75. The molecule has 0 aliphatic heterocycles. The molecule has 12 nitrogen and oxygen atoms in total. The third-order valence-electron chi connectivity index (χ3n) is 7.20. The molecule has 0 aliphatic carbocycles. The summed E-state index contributed by atoms with van der Waals surface area (Å²) in [5.41, 5.74) is 3.25. The summed E-state index contributed by atoms with van der Waals surface area (Å²) in [7, 11) is 0. The van der Waals surface area contributed by atoms with Crippen LogP contribution in [0.15, 0.2) is 91.0 Å². The summed E-state index contributed by atoms with van der Waals surface area (Å²) in [6.45, 7) is 2.50. The lowest BCUT2D eigenvalue weighted by molar-refractivity contribution is 0.0690. The highest BCUT2D eigenvalue weighted by molar-refractivity contribution is 9.10. The van der Waals surface area contributed by atoms with Crippen LogP contribution in [-0.4, -0.2) is 61.8 Å². The number of rotatable bonds is 10. The first-order valence-corrected chi connectivity index (χ1v) is 16.1. The predicted octanol–water partition coefficient (Wildman–Crippen LogP) is 7.64. The second kappa shape index (κ2) is 15.4. The molecule has 2 aromatic carbocycles. The molecule has 0 spiro atoms. The Kier molecular flexibility index (Phi) is 11.0.